The van der Waals surface area contributed by atoms with E-state index in [1.54, 1.807) is 35.2 Å². The van der Waals surface area contributed by atoms with Gasteiger partial charge in [0.2, 0.25) is 0 Å². The quantitative estimate of drug-likeness (QED) is 0.171. The van der Waals surface area contributed by atoms with Crippen molar-refractivity contribution in [1.29, 1.82) is 0 Å². The molecular formula is C28H37FN7Na. The van der Waals surface area contributed by atoms with E-state index in [1.165, 1.54) is 6.42 Å². The smallest absolute Gasteiger partial charge is 0.375 e. The van der Waals surface area contributed by atoms with Crippen molar-refractivity contribution in [3.8, 4) is 0 Å². The van der Waals surface area contributed by atoms with E-state index in [9.17, 15) is 4.39 Å². The molecule has 2 atom stereocenters. The first kappa shape index (κ1) is 30.6. The number of nitrogens with zero attached hydrogens (tertiary/aromatic N) is 6. The van der Waals surface area contributed by atoms with Crippen LogP contribution in [-0.4, -0.2) is 57.6 Å². The summed E-state index contributed by atoms with van der Waals surface area (Å²) in [6.07, 6.45) is 12.3. The zero-order valence-electron chi connectivity index (χ0n) is 22.2. The summed E-state index contributed by atoms with van der Waals surface area (Å²) < 4.78 is 13.9. The Labute approximate surface area is 242 Å². The molecule has 4 rings (SSSR count). The van der Waals surface area contributed by atoms with Crippen LogP contribution in [0.15, 0.2) is 80.2 Å². The van der Waals surface area contributed by atoms with Gasteiger partial charge in [-0.2, -0.15) is 22.9 Å². The number of rotatable bonds is 10. The minimum atomic E-state index is -0.565. The van der Waals surface area contributed by atoms with Gasteiger partial charge >= 0.3 is 29.6 Å². The molecule has 2 aliphatic rings. The molecule has 0 amide bonds. The van der Waals surface area contributed by atoms with Crippen LogP contribution in [0.2, 0.25) is 0 Å². The van der Waals surface area contributed by atoms with Gasteiger partial charge in [-0.15, -0.1) is 17.2 Å². The van der Waals surface area contributed by atoms with Gasteiger partial charge in [0.25, 0.3) is 0 Å². The second kappa shape index (κ2) is 14.9. The Morgan fingerprint density at radius 1 is 1.24 bits per heavy atom. The summed E-state index contributed by atoms with van der Waals surface area (Å²) >= 11 is 0. The molecule has 1 N–H and O–H groups in total. The summed E-state index contributed by atoms with van der Waals surface area (Å²) in [5, 5.41) is 11.8. The number of pyridine rings is 1. The van der Waals surface area contributed by atoms with Crippen molar-refractivity contribution in [2.45, 2.75) is 37.9 Å². The van der Waals surface area contributed by atoms with Crippen molar-refractivity contribution in [3.63, 3.8) is 0 Å². The van der Waals surface area contributed by atoms with Gasteiger partial charge in [0.15, 0.2) is 5.82 Å². The molecule has 1 unspecified atom stereocenters. The van der Waals surface area contributed by atoms with Gasteiger partial charge in [-0.25, -0.2) is 0 Å². The molecule has 37 heavy (non-hydrogen) atoms. The Hall–Kier alpha value is -2.65. The molecule has 0 bridgehead atoms. The van der Waals surface area contributed by atoms with Crippen molar-refractivity contribution in [2.24, 2.45) is 0 Å². The second-order valence-corrected chi connectivity index (χ2v) is 8.92. The largest absolute Gasteiger partial charge is 1.00 e. The van der Waals surface area contributed by atoms with Crippen molar-refractivity contribution in [1.82, 2.24) is 30.2 Å². The molecule has 4 heterocycles. The minimum absolute atomic E-state index is 0. The fourth-order valence-corrected chi connectivity index (χ4v) is 4.20. The predicted octanol–water partition coefficient (Wildman–Crippen LogP) is 1.62. The topological polar surface area (TPSA) is 62.1 Å². The van der Waals surface area contributed by atoms with Crippen LogP contribution in [0.25, 0.3) is 0 Å². The van der Waals surface area contributed by atoms with Crippen LogP contribution in [-0.2, 0) is 6.54 Å². The first-order valence-electron chi connectivity index (χ1n) is 12.2. The van der Waals surface area contributed by atoms with Crippen molar-refractivity contribution in [2.75, 3.05) is 31.6 Å². The van der Waals surface area contributed by atoms with Crippen LogP contribution in [0.5, 0.6) is 0 Å². The molecular weight excluding hydrogens is 476 g/mol. The van der Waals surface area contributed by atoms with Crippen LogP contribution in [0, 0.1) is 12.9 Å². The Bertz CT molecular complexity index is 1110. The number of aromatic nitrogens is 4. The summed E-state index contributed by atoms with van der Waals surface area (Å²) in [5.74, 6) is 0.424. The molecule has 0 aromatic carbocycles. The van der Waals surface area contributed by atoms with Gasteiger partial charge in [-0.1, -0.05) is 50.1 Å². The van der Waals surface area contributed by atoms with Crippen LogP contribution in [0.1, 0.15) is 36.6 Å². The van der Waals surface area contributed by atoms with E-state index < -0.39 is 5.95 Å². The summed E-state index contributed by atoms with van der Waals surface area (Å²) in [4.78, 5) is 10.2. The molecule has 0 aliphatic carbocycles. The van der Waals surface area contributed by atoms with Gasteiger partial charge in [-0.05, 0) is 38.4 Å². The zero-order valence-corrected chi connectivity index (χ0v) is 24.2. The van der Waals surface area contributed by atoms with Gasteiger partial charge in [0.05, 0.1) is 18.8 Å². The van der Waals surface area contributed by atoms with Crippen LogP contribution in [0.4, 0.5) is 10.2 Å². The predicted molar refractivity (Wildman–Crippen MR) is 145 cm³/mol. The summed E-state index contributed by atoms with van der Waals surface area (Å²) in [6.45, 7) is 23.0. The third-order valence-electron chi connectivity index (χ3n) is 6.37. The Kier molecular flexibility index (Phi) is 12.3. The average molecular weight is 514 g/mol. The van der Waals surface area contributed by atoms with E-state index in [4.69, 9.17) is 0 Å². The number of halogens is 1. The molecule has 0 saturated carbocycles. The zero-order chi connectivity index (χ0) is 26.1. The normalized spacial score (nSPS) is 17.9. The molecule has 2 aromatic heterocycles. The standard InChI is InChI=1S/C20H25FN3.C8H12N4.Na/c1-6-9-16(7-2)19(17-12-11-14(3)20(21)23-17)22-15(4)18-10-8-13-24(18)5;1-2-4-12-9-7-8(10-12)11-5-3-6-11;/h6-7,9,11-12,18-19,22H,1-4,8,10,13H2,5H3;2,7H,1,3-6H2;/q-1;;+1/b16-9+;;/t18?,19-;;/m0../s1. The molecule has 192 valence electrons. The van der Waals surface area contributed by atoms with Crippen molar-refractivity contribution in [3.05, 3.63) is 104 Å². The van der Waals surface area contributed by atoms with E-state index >= 15 is 0 Å². The van der Waals surface area contributed by atoms with E-state index in [0.29, 0.717) is 12.2 Å². The number of hydrogen-bond donors (Lipinski definition) is 1. The van der Waals surface area contributed by atoms with Gasteiger partial charge in [-0.3, -0.25) is 14.3 Å². The van der Waals surface area contributed by atoms with E-state index in [1.807, 2.05) is 12.3 Å². The summed E-state index contributed by atoms with van der Waals surface area (Å²) in [7, 11) is 2.09. The maximum atomic E-state index is 13.9. The van der Waals surface area contributed by atoms with E-state index in [-0.39, 0.29) is 47.2 Å². The Morgan fingerprint density at radius 2 is 2.00 bits per heavy atom. The fourth-order valence-electron chi connectivity index (χ4n) is 4.20. The molecule has 2 saturated heterocycles. The molecule has 2 fully saturated rings. The first-order valence-corrected chi connectivity index (χ1v) is 12.2. The van der Waals surface area contributed by atoms with E-state index in [0.717, 1.165) is 49.6 Å². The molecule has 2 aliphatic heterocycles. The number of likely N-dealkylation sites (N-methyl/N-ethyl adjacent to an activating group) is 1. The van der Waals surface area contributed by atoms with Crippen LogP contribution < -0.4 is 39.8 Å². The fraction of sp³-hybridized carbons (Fsp3) is 0.357. The second-order valence-electron chi connectivity index (χ2n) is 8.92. The van der Waals surface area contributed by atoms with Crippen molar-refractivity contribution < 1.29 is 33.9 Å². The number of anilines is 1. The Morgan fingerprint density at radius 3 is 2.54 bits per heavy atom. The maximum Gasteiger partial charge on any atom is 1.00 e. The number of allylic oxidation sites excluding steroid dienone is 3. The van der Waals surface area contributed by atoms with Gasteiger partial charge < -0.3 is 10.2 Å². The van der Waals surface area contributed by atoms with Gasteiger partial charge in [0, 0.05) is 30.5 Å². The molecule has 7 nitrogen and oxygen atoms in total. The minimum Gasteiger partial charge on any atom is -0.375 e. The summed E-state index contributed by atoms with van der Waals surface area (Å²) in [6, 6.07) is 3.33. The molecule has 0 spiro atoms. The third-order valence-corrected chi connectivity index (χ3v) is 6.37. The SMILES string of the molecule is C=C/C=C(\C=C)[C@H](NC(=C)C1CCCN1C)c1ccc([CH2-])c(F)n1.C=CCn1ncc(N2CCC2)n1.[Na+]. The summed E-state index contributed by atoms with van der Waals surface area (Å²) in [5.41, 5.74) is 2.60. The van der Waals surface area contributed by atoms with Gasteiger partial charge in [0.1, 0.15) is 5.95 Å². The maximum absolute atomic E-state index is 13.9. The molecule has 0 radical (unpaired) electrons. The number of nitrogens with one attached hydrogen (secondary N) is 1. The monoisotopic (exact) mass is 513 g/mol. The van der Waals surface area contributed by atoms with Crippen LogP contribution >= 0.6 is 0 Å². The number of likely N-dealkylation sites (tertiary alicyclic amines) is 1. The number of hydrogen-bond acceptors (Lipinski definition) is 6. The van der Waals surface area contributed by atoms with Crippen LogP contribution in [0.3, 0.4) is 0 Å². The molecule has 2 aromatic rings. The van der Waals surface area contributed by atoms with E-state index in [2.05, 4.69) is 70.6 Å². The molecule has 9 heteroatoms. The Balaban J connectivity index is 0.000000309. The third kappa shape index (κ3) is 8.17. The first-order chi connectivity index (χ1) is 17.4. The van der Waals surface area contributed by atoms with Crippen molar-refractivity contribution >= 4 is 5.82 Å². The average Bonchev–Trinajstić information content (AvgIpc) is 3.46.